The second kappa shape index (κ2) is 6.94. The molecule has 1 aliphatic carbocycles. The van der Waals surface area contributed by atoms with Crippen LogP contribution in [0.3, 0.4) is 0 Å². The van der Waals surface area contributed by atoms with E-state index < -0.39 is 0 Å². The van der Waals surface area contributed by atoms with Gasteiger partial charge in [0.2, 0.25) is 0 Å². The number of rotatable bonds is 3. The average molecular weight is 405 g/mol. The van der Waals surface area contributed by atoms with Gasteiger partial charge in [-0.2, -0.15) is 0 Å². The molecule has 3 nitrogen and oxygen atoms in total. The third-order valence-corrected chi connectivity index (χ3v) is 5.01. The summed E-state index contributed by atoms with van der Waals surface area (Å²) in [5.41, 5.74) is 6.80. The fourth-order valence-corrected chi connectivity index (χ4v) is 3.91. The molecule has 2 rings (SSSR count). The number of anilines is 1. The summed E-state index contributed by atoms with van der Waals surface area (Å²) in [5.74, 6) is 0.347. The van der Waals surface area contributed by atoms with Crippen LogP contribution in [0.1, 0.15) is 49.4 Å². The van der Waals surface area contributed by atoms with Gasteiger partial charge in [-0.3, -0.25) is 0 Å². The Labute approximate surface area is 136 Å². The van der Waals surface area contributed by atoms with Crippen LogP contribution in [0.5, 0.6) is 0 Å². The van der Waals surface area contributed by atoms with Crippen molar-refractivity contribution in [1.29, 1.82) is 0 Å². The van der Waals surface area contributed by atoms with Crippen LogP contribution >= 0.6 is 31.9 Å². The number of hydrogen-bond acceptors (Lipinski definition) is 3. The van der Waals surface area contributed by atoms with E-state index in [0.717, 1.165) is 30.2 Å². The number of hydrogen-bond donors (Lipinski definition) is 1. The molecule has 1 aromatic carbocycles. The van der Waals surface area contributed by atoms with Crippen LogP contribution < -0.4 is 5.73 Å². The number of ether oxygens (including phenoxy) is 1. The van der Waals surface area contributed by atoms with Crippen LogP contribution in [0, 0.1) is 5.92 Å². The molecule has 2 unspecified atom stereocenters. The minimum Gasteiger partial charge on any atom is -0.459 e. The van der Waals surface area contributed by atoms with Crippen molar-refractivity contribution < 1.29 is 9.53 Å². The van der Waals surface area contributed by atoms with Gasteiger partial charge in [0.25, 0.3) is 0 Å². The van der Waals surface area contributed by atoms with E-state index in [0.29, 0.717) is 21.6 Å². The predicted octanol–water partition coefficient (Wildman–Crippen LogP) is 4.92. The summed E-state index contributed by atoms with van der Waals surface area (Å²) < 4.78 is 7.15. The molecular formula is C15H19Br2NO2. The summed E-state index contributed by atoms with van der Waals surface area (Å²) in [6.07, 6.45) is 5.48. The van der Waals surface area contributed by atoms with Crippen LogP contribution in [0.25, 0.3) is 0 Å². The van der Waals surface area contributed by atoms with Gasteiger partial charge in [0.1, 0.15) is 6.10 Å². The average Bonchev–Trinajstić information content (AvgIpc) is 2.43. The maximum Gasteiger partial charge on any atom is 0.340 e. The van der Waals surface area contributed by atoms with E-state index in [4.69, 9.17) is 10.5 Å². The number of nitrogen functional groups attached to an aromatic ring is 1. The first kappa shape index (κ1) is 15.8. The van der Waals surface area contributed by atoms with Gasteiger partial charge in [-0.1, -0.05) is 35.7 Å². The van der Waals surface area contributed by atoms with Crippen molar-refractivity contribution in [2.24, 2.45) is 5.92 Å². The van der Waals surface area contributed by atoms with E-state index >= 15 is 0 Å². The molecule has 2 atom stereocenters. The minimum absolute atomic E-state index is 0.0263. The van der Waals surface area contributed by atoms with E-state index in [1.54, 1.807) is 6.07 Å². The molecule has 1 fully saturated rings. The van der Waals surface area contributed by atoms with Crippen LogP contribution in [0.15, 0.2) is 21.1 Å². The van der Waals surface area contributed by atoms with E-state index in [1.807, 2.05) is 6.07 Å². The molecule has 0 heterocycles. The number of carbonyl (C=O) groups excluding carboxylic acids is 1. The standard InChI is InChI=1S/C15H19Br2NO2/c1-2-9-4-3-5-11(6-9)20-15(19)12-7-10(16)8-13(17)14(12)18/h7-9,11H,2-6,18H2,1H3. The maximum absolute atomic E-state index is 12.3. The van der Waals surface area contributed by atoms with Crippen molar-refractivity contribution in [3.05, 3.63) is 26.6 Å². The van der Waals surface area contributed by atoms with Gasteiger partial charge in [-0.15, -0.1) is 0 Å². The Morgan fingerprint density at radius 2 is 2.15 bits per heavy atom. The molecule has 1 saturated carbocycles. The Morgan fingerprint density at radius 3 is 2.85 bits per heavy atom. The highest BCUT2D eigenvalue weighted by Gasteiger charge is 2.25. The van der Waals surface area contributed by atoms with Crippen molar-refractivity contribution in [1.82, 2.24) is 0 Å². The fraction of sp³-hybridized carbons (Fsp3) is 0.533. The van der Waals surface area contributed by atoms with Gasteiger partial charge in [0.05, 0.1) is 11.3 Å². The van der Waals surface area contributed by atoms with Crippen LogP contribution in [-0.4, -0.2) is 12.1 Å². The Bertz CT molecular complexity index is 505. The van der Waals surface area contributed by atoms with Crippen LogP contribution in [0.4, 0.5) is 5.69 Å². The highest BCUT2D eigenvalue weighted by Crippen LogP contribution is 2.32. The smallest absolute Gasteiger partial charge is 0.340 e. The number of esters is 1. The molecule has 2 N–H and O–H groups in total. The molecule has 1 aromatic rings. The zero-order valence-corrected chi connectivity index (χ0v) is 14.7. The monoisotopic (exact) mass is 403 g/mol. The molecule has 0 radical (unpaired) electrons. The quantitative estimate of drug-likeness (QED) is 0.574. The van der Waals surface area contributed by atoms with Gasteiger partial charge in [0.15, 0.2) is 0 Å². The fourth-order valence-electron chi connectivity index (χ4n) is 2.69. The predicted molar refractivity (Wildman–Crippen MR) is 87.7 cm³/mol. The first-order valence-corrected chi connectivity index (χ1v) is 8.55. The Kier molecular flexibility index (Phi) is 5.49. The molecule has 0 aromatic heterocycles. The molecule has 0 saturated heterocycles. The van der Waals surface area contributed by atoms with Crippen LogP contribution in [0.2, 0.25) is 0 Å². The zero-order valence-electron chi connectivity index (χ0n) is 11.5. The van der Waals surface area contributed by atoms with Crippen molar-refractivity contribution in [2.75, 3.05) is 5.73 Å². The summed E-state index contributed by atoms with van der Waals surface area (Å²) in [5, 5.41) is 0. The molecule has 0 aliphatic heterocycles. The Balaban J connectivity index is 2.08. The second-order valence-corrected chi connectivity index (χ2v) is 7.09. The second-order valence-electron chi connectivity index (χ2n) is 5.32. The van der Waals surface area contributed by atoms with Crippen LogP contribution in [-0.2, 0) is 4.74 Å². The summed E-state index contributed by atoms with van der Waals surface area (Å²) in [4.78, 5) is 12.3. The van der Waals surface area contributed by atoms with Crippen molar-refractivity contribution in [2.45, 2.75) is 45.1 Å². The number of carbonyl (C=O) groups is 1. The normalized spacial score (nSPS) is 22.6. The number of benzene rings is 1. The molecule has 0 amide bonds. The van der Waals surface area contributed by atoms with E-state index in [2.05, 4.69) is 38.8 Å². The first-order valence-electron chi connectivity index (χ1n) is 6.96. The molecule has 5 heteroatoms. The van der Waals surface area contributed by atoms with Crippen molar-refractivity contribution >= 4 is 43.5 Å². The lowest BCUT2D eigenvalue weighted by Crippen LogP contribution is -2.25. The van der Waals surface area contributed by atoms with Crippen molar-refractivity contribution in [3.8, 4) is 0 Å². The first-order chi connectivity index (χ1) is 9.51. The lowest BCUT2D eigenvalue weighted by atomic mass is 9.85. The van der Waals surface area contributed by atoms with E-state index in [-0.39, 0.29) is 12.1 Å². The summed E-state index contributed by atoms with van der Waals surface area (Å²) in [6.45, 7) is 2.19. The maximum atomic E-state index is 12.3. The van der Waals surface area contributed by atoms with Crippen molar-refractivity contribution in [3.63, 3.8) is 0 Å². The lowest BCUT2D eigenvalue weighted by Gasteiger charge is -2.28. The van der Waals surface area contributed by atoms with Gasteiger partial charge < -0.3 is 10.5 Å². The molecule has 1 aliphatic rings. The summed E-state index contributed by atoms with van der Waals surface area (Å²) in [6, 6.07) is 3.53. The molecule has 0 spiro atoms. The highest BCUT2D eigenvalue weighted by atomic mass is 79.9. The third-order valence-electron chi connectivity index (χ3n) is 3.90. The molecule has 20 heavy (non-hydrogen) atoms. The Hall–Kier alpha value is -0.550. The van der Waals surface area contributed by atoms with Gasteiger partial charge in [0, 0.05) is 8.95 Å². The molecule has 0 bridgehead atoms. The topological polar surface area (TPSA) is 52.3 Å². The highest BCUT2D eigenvalue weighted by molar-refractivity contribution is 9.11. The zero-order chi connectivity index (χ0) is 14.7. The molecule has 110 valence electrons. The number of nitrogens with two attached hydrogens (primary N) is 1. The molecular weight excluding hydrogens is 386 g/mol. The van der Waals surface area contributed by atoms with E-state index in [1.165, 1.54) is 6.42 Å². The summed E-state index contributed by atoms with van der Waals surface area (Å²) >= 11 is 6.72. The summed E-state index contributed by atoms with van der Waals surface area (Å²) in [7, 11) is 0. The van der Waals surface area contributed by atoms with E-state index in [9.17, 15) is 4.79 Å². The van der Waals surface area contributed by atoms with Gasteiger partial charge in [-0.25, -0.2) is 4.79 Å². The lowest BCUT2D eigenvalue weighted by molar-refractivity contribution is 0.0141. The SMILES string of the molecule is CCC1CCCC(OC(=O)c2cc(Br)cc(Br)c2N)C1. The third kappa shape index (κ3) is 3.76. The number of halogens is 2. The van der Waals surface area contributed by atoms with Gasteiger partial charge in [-0.05, 0) is 53.2 Å². The largest absolute Gasteiger partial charge is 0.459 e. The van der Waals surface area contributed by atoms with Gasteiger partial charge >= 0.3 is 5.97 Å². The minimum atomic E-state index is -0.328. The Morgan fingerprint density at radius 1 is 1.40 bits per heavy atom.